The molecule has 4 heterocycles. The number of nitrogens with one attached hydrogen (secondary N) is 1. The molecular weight excluding hydrogens is 549 g/mol. The first-order chi connectivity index (χ1) is 19.4. The molecule has 8 nitrogen and oxygen atoms in total. The van der Waals surface area contributed by atoms with Crippen molar-refractivity contribution in [1.82, 2.24) is 24.6 Å². The Bertz CT molecular complexity index is 1710. The van der Waals surface area contributed by atoms with E-state index >= 15 is 0 Å². The van der Waals surface area contributed by atoms with Crippen molar-refractivity contribution in [3.05, 3.63) is 83.0 Å². The molecule has 0 saturated carbocycles. The number of rotatable bonds is 7. The molecule has 1 N–H and O–H groups in total. The van der Waals surface area contributed by atoms with Crippen LogP contribution < -0.4 is 10.1 Å². The number of fused-ring (bicyclic) bond motifs is 1. The van der Waals surface area contributed by atoms with Gasteiger partial charge in [-0.1, -0.05) is 24.3 Å². The van der Waals surface area contributed by atoms with E-state index in [1.807, 2.05) is 42.8 Å². The van der Waals surface area contributed by atoms with Crippen LogP contribution in [0.1, 0.15) is 39.5 Å². The van der Waals surface area contributed by atoms with Crippen LogP contribution in [-0.2, 0) is 0 Å². The van der Waals surface area contributed by atoms with Crippen molar-refractivity contribution in [3.63, 3.8) is 0 Å². The maximum absolute atomic E-state index is 14.0. The fraction of sp³-hybridized carbons (Fsp3) is 0.241. The van der Waals surface area contributed by atoms with Gasteiger partial charge in [-0.05, 0) is 49.6 Å². The summed E-state index contributed by atoms with van der Waals surface area (Å²) in [5.74, 6) is -0.0871. The molecule has 2 aromatic carbocycles. The minimum Gasteiger partial charge on any atom is -0.497 e. The van der Waals surface area contributed by atoms with E-state index in [9.17, 15) is 14.0 Å². The topological polar surface area (TPSA) is 88.8 Å². The summed E-state index contributed by atoms with van der Waals surface area (Å²) in [6.07, 6.45) is 3.43. The third-order valence-corrected chi connectivity index (χ3v) is 8.95. The Kier molecular flexibility index (Phi) is 7.07. The number of methoxy groups -OCH3 is 1. The van der Waals surface area contributed by atoms with Crippen molar-refractivity contribution < 1.29 is 18.7 Å². The van der Waals surface area contributed by atoms with Crippen LogP contribution in [0.2, 0.25) is 0 Å². The van der Waals surface area contributed by atoms with Crippen LogP contribution in [0.4, 0.5) is 4.39 Å². The molecule has 1 saturated heterocycles. The Morgan fingerprint density at radius 3 is 2.77 bits per heavy atom. The minimum absolute atomic E-state index is 0.175. The molecule has 0 bridgehead atoms. The zero-order chi connectivity index (χ0) is 27.8. The average molecular weight is 576 g/mol. The van der Waals surface area contributed by atoms with Gasteiger partial charge in [0.1, 0.15) is 28.0 Å². The van der Waals surface area contributed by atoms with Gasteiger partial charge in [-0.3, -0.25) is 14.0 Å². The number of amides is 2. The first-order valence-corrected chi connectivity index (χ1v) is 14.5. The molecule has 204 valence electrons. The van der Waals surface area contributed by atoms with Gasteiger partial charge in [0.2, 0.25) is 0 Å². The number of aryl methyl sites for hydroxylation is 1. The van der Waals surface area contributed by atoms with E-state index in [0.717, 1.165) is 28.9 Å². The molecule has 3 aromatic heterocycles. The Morgan fingerprint density at radius 2 is 1.98 bits per heavy atom. The number of ether oxygens (including phenoxy) is 1. The number of halogens is 1. The maximum Gasteiger partial charge on any atom is 0.274 e. The van der Waals surface area contributed by atoms with Gasteiger partial charge in [-0.15, -0.1) is 22.7 Å². The van der Waals surface area contributed by atoms with Crippen LogP contribution in [0, 0.1) is 12.7 Å². The van der Waals surface area contributed by atoms with Crippen molar-refractivity contribution in [1.29, 1.82) is 0 Å². The van der Waals surface area contributed by atoms with Crippen molar-refractivity contribution >= 4 is 39.4 Å². The molecule has 0 radical (unpaired) electrons. The predicted octanol–water partition coefficient (Wildman–Crippen LogP) is 5.68. The Hall–Kier alpha value is -4.09. The molecule has 2 amide bonds. The molecule has 40 heavy (non-hydrogen) atoms. The molecule has 11 heteroatoms. The average Bonchev–Trinajstić information content (AvgIpc) is 3.76. The third kappa shape index (κ3) is 4.86. The molecule has 6 rings (SSSR count). The van der Waals surface area contributed by atoms with E-state index < -0.39 is 0 Å². The molecule has 5 aromatic rings. The van der Waals surface area contributed by atoms with E-state index in [1.54, 1.807) is 28.5 Å². The second-order valence-corrected chi connectivity index (χ2v) is 11.4. The summed E-state index contributed by atoms with van der Waals surface area (Å²) in [5, 5.41) is 5.58. The van der Waals surface area contributed by atoms with Gasteiger partial charge < -0.3 is 15.0 Å². The van der Waals surface area contributed by atoms with Crippen molar-refractivity contribution in [3.8, 4) is 26.8 Å². The number of thiazole rings is 2. The lowest BCUT2D eigenvalue weighted by molar-refractivity contribution is 0.0720. The quantitative estimate of drug-likeness (QED) is 0.270. The van der Waals surface area contributed by atoms with Gasteiger partial charge in [-0.25, -0.2) is 14.4 Å². The number of likely N-dealkylation sites (tertiary alicyclic amines) is 1. The number of imidazole rings is 1. The fourth-order valence-electron chi connectivity index (χ4n) is 5.05. The van der Waals surface area contributed by atoms with Crippen molar-refractivity contribution in [2.45, 2.75) is 25.8 Å². The van der Waals surface area contributed by atoms with Crippen LogP contribution in [0.5, 0.6) is 5.75 Å². The predicted molar refractivity (Wildman–Crippen MR) is 154 cm³/mol. The lowest BCUT2D eigenvalue weighted by Gasteiger charge is -2.24. The van der Waals surface area contributed by atoms with Crippen molar-refractivity contribution in [2.24, 2.45) is 0 Å². The molecule has 1 aliphatic heterocycles. The number of benzene rings is 2. The summed E-state index contributed by atoms with van der Waals surface area (Å²) in [6.45, 7) is 2.70. The maximum atomic E-state index is 14.0. The summed E-state index contributed by atoms with van der Waals surface area (Å²) < 4.78 is 20.9. The summed E-state index contributed by atoms with van der Waals surface area (Å²) in [4.78, 5) is 39.6. The highest BCUT2D eigenvalue weighted by Crippen LogP contribution is 2.38. The molecule has 0 spiro atoms. The number of aromatic nitrogens is 3. The Morgan fingerprint density at radius 1 is 1.15 bits per heavy atom. The van der Waals surface area contributed by atoms with E-state index in [1.165, 1.54) is 34.8 Å². The Balaban J connectivity index is 1.28. The highest BCUT2D eigenvalue weighted by atomic mass is 32.1. The monoisotopic (exact) mass is 575 g/mol. The lowest BCUT2D eigenvalue weighted by Crippen LogP contribution is -2.43. The van der Waals surface area contributed by atoms with Gasteiger partial charge in [0.15, 0.2) is 4.96 Å². The van der Waals surface area contributed by atoms with Crippen LogP contribution in [0.3, 0.4) is 0 Å². The zero-order valence-corrected chi connectivity index (χ0v) is 23.5. The number of carbonyl (C=O) groups is 2. The SMILES string of the molecule is COc1cccc(-c2nc(C(=O)N3CCC[C@H]3CNC(=O)c3c(C)nc4sccn34)c(-c3ccc(F)cc3)s2)c1. The van der Waals surface area contributed by atoms with E-state index in [4.69, 9.17) is 9.72 Å². The van der Waals surface area contributed by atoms with Crippen LogP contribution >= 0.6 is 22.7 Å². The molecule has 1 atom stereocenters. The summed E-state index contributed by atoms with van der Waals surface area (Å²) in [5.41, 5.74) is 3.04. The molecule has 0 unspecified atom stereocenters. The first kappa shape index (κ1) is 26.1. The standard InChI is InChI=1S/C29H26FN5O3S2/c1-17-24(35-13-14-39-29(35)32-17)26(36)31-16-21-6-4-12-34(21)28(37)23-25(18-8-10-20(30)11-9-18)40-27(33-23)19-5-3-7-22(15-19)38-2/h3,5,7-11,13-15,21H,4,6,12,16H2,1-2H3,(H,31,36)/t21-/m0/s1. The number of nitrogens with zero attached hydrogens (tertiary/aromatic N) is 4. The van der Waals surface area contributed by atoms with Crippen LogP contribution in [0.25, 0.3) is 26.0 Å². The van der Waals surface area contributed by atoms with Gasteiger partial charge in [0.25, 0.3) is 11.8 Å². The third-order valence-electron chi connectivity index (χ3n) is 7.04. The van der Waals surface area contributed by atoms with Crippen LogP contribution in [0.15, 0.2) is 60.1 Å². The minimum atomic E-state index is -0.349. The summed E-state index contributed by atoms with van der Waals surface area (Å²) in [7, 11) is 1.60. The normalized spacial score (nSPS) is 15.1. The first-order valence-electron chi connectivity index (χ1n) is 12.9. The highest BCUT2D eigenvalue weighted by Gasteiger charge is 2.33. The fourth-order valence-corrected chi connectivity index (χ4v) is 6.87. The highest BCUT2D eigenvalue weighted by molar-refractivity contribution is 7.18. The van der Waals surface area contributed by atoms with Crippen molar-refractivity contribution in [2.75, 3.05) is 20.2 Å². The van der Waals surface area contributed by atoms with E-state index in [-0.39, 0.29) is 23.7 Å². The smallest absolute Gasteiger partial charge is 0.274 e. The van der Waals surface area contributed by atoms with E-state index in [2.05, 4.69) is 10.3 Å². The largest absolute Gasteiger partial charge is 0.497 e. The van der Waals surface area contributed by atoms with Gasteiger partial charge in [-0.2, -0.15) is 0 Å². The van der Waals surface area contributed by atoms with Crippen LogP contribution in [-0.4, -0.2) is 57.3 Å². The molecule has 0 aliphatic carbocycles. The zero-order valence-electron chi connectivity index (χ0n) is 21.9. The Labute approximate surface area is 238 Å². The number of carbonyl (C=O) groups excluding carboxylic acids is 2. The van der Waals surface area contributed by atoms with Gasteiger partial charge in [0.05, 0.1) is 17.7 Å². The number of hydrogen-bond acceptors (Lipinski definition) is 7. The second-order valence-electron chi connectivity index (χ2n) is 9.54. The van der Waals surface area contributed by atoms with Gasteiger partial charge >= 0.3 is 0 Å². The lowest BCUT2D eigenvalue weighted by atomic mass is 10.1. The second kappa shape index (κ2) is 10.8. The molecular formula is C29H26FN5O3S2. The van der Waals surface area contributed by atoms with Gasteiger partial charge in [0, 0.05) is 36.3 Å². The summed E-state index contributed by atoms with van der Waals surface area (Å²) >= 11 is 2.86. The summed E-state index contributed by atoms with van der Waals surface area (Å²) in [6, 6.07) is 13.4. The van der Waals surface area contributed by atoms with E-state index in [0.29, 0.717) is 45.8 Å². The molecule has 1 fully saturated rings. The molecule has 1 aliphatic rings. The number of hydrogen-bond donors (Lipinski definition) is 1.